The Kier molecular flexibility index (Phi) is 5.09. The quantitative estimate of drug-likeness (QED) is 0.753. The molecule has 0 atom stereocenters. The van der Waals surface area contributed by atoms with E-state index in [0.29, 0.717) is 43.1 Å². The van der Waals surface area contributed by atoms with Gasteiger partial charge in [0.2, 0.25) is 5.91 Å². The van der Waals surface area contributed by atoms with E-state index in [9.17, 15) is 9.59 Å². The van der Waals surface area contributed by atoms with Crippen LogP contribution in [0.3, 0.4) is 0 Å². The molecule has 4 rings (SSSR count). The summed E-state index contributed by atoms with van der Waals surface area (Å²) >= 11 is 0. The lowest BCUT2D eigenvalue weighted by Crippen LogP contribution is -2.41. The predicted molar refractivity (Wildman–Crippen MR) is 103 cm³/mol. The number of hydrogen-bond acceptors (Lipinski definition) is 5. The van der Waals surface area contributed by atoms with Crippen LogP contribution in [0.5, 0.6) is 0 Å². The molecule has 0 aliphatic carbocycles. The number of likely N-dealkylation sites (tertiary alicyclic amines) is 1. The first-order valence-electron chi connectivity index (χ1n) is 9.18. The van der Waals surface area contributed by atoms with Crippen LogP contribution in [-0.2, 0) is 4.79 Å². The van der Waals surface area contributed by atoms with Gasteiger partial charge in [-0.3, -0.25) is 9.59 Å². The second-order valence-electron chi connectivity index (χ2n) is 6.63. The molecule has 4 heterocycles. The molecule has 142 valence electrons. The number of rotatable bonds is 4. The minimum absolute atomic E-state index is 0.0453. The molecule has 0 saturated carbocycles. The van der Waals surface area contributed by atoms with E-state index in [1.165, 1.54) is 0 Å². The molecule has 28 heavy (non-hydrogen) atoms. The second kappa shape index (κ2) is 7.99. The SMILES string of the molecule is O=C(Nc1ccccn1)C1CCN(C(=O)c2ccc(-n3cccn3)nc2)CC1. The average molecular weight is 376 g/mol. The Labute approximate surface area is 162 Å². The molecule has 8 heteroatoms. The summed E-state index contributed by atoms with van der Waals surface area (Å²) in [6.45, 7) is 1.08. The lowest BCUT2D eigenvalue weighted by atomic mass is 9.95. The van der Waals surface area contributed by atoms with E-state index in [0.717, 1.165) is 0 Å². The third kappa shape index (κ3) is 3.90. The van der Waals surface area contributed by atoms with Crippen LogP contribution in [0.2, 0.25) is 0 Å². The van der Waals surface area contributed by atoms with Crippen LogP contribution in [0.1, 0.15) is 23.2 Å². The van der Waals surface area contributed by atoms with Crippen LogP contribution in [-0.4, -0.2) is 49.6 Å². The van der Waals surface area contributed by atoms with Gasteiger partial charge in [-0.1, -0.05) is 6.07 Å². The molecule has 0 spiro atoms. The number of carbonyl (C=O) groups excluding carboxylic acids is 2. The standard InChI is InChI=1S/C20H20N6O2/c27-19(24-17-4-1-2-9-21-17)15-7-12-25(13-8-15)20(28)16-5-6-18(22-14-16)26-11-3-10-23-26/h1-6,9-11,14-15H,7-8,12-13H2,(H,21,24,27). The molecule has 1 aliphatic rings. The molecule has 1 saturated heterocycles. The molecule has 0 radical (unpaired) electrons. The van der Waals surface area contributed by atoms with Gasteiger partial charge >= 0.3 is 0 Å². The highest BCUT2D eigenvalue weighted by molar-refractivity contribution is 5.95. The van der Waals surface area contributed by atoms with Crippen LogP contribution < -0.4 is 5.32 Å². The highest BCUT2D eigenvalue weighted by atomic mass is 16.2. The van der Waals surface area contributed by atoms with Crippen molar-refractivity contribution in [2.75, 3.05) is 18.4 Å². The Morgan fingerprint density at radius 2 is 1.86 bits per heavy atom. The largest absolute Gasteiger partial charge is 0.339 e. The maximum atomic E-state index is 12.7. The molecular formula is C20H20N6O2. The molecule has 0 aromatic carbocycles. The third-order valence-corrected chi connectivity index (χ3v) is 4.80. The number of anilines is 1. The summed E-state index contributed by atoms with van der Waals surface area (Å²) in [5, 5.41) is 6.96. The van der Waals surface area contributed by atoms with Gasteiger partial charge < -0.3 is 10.2 Å². The first-order valence-corrected chi connectivity index (χ1v) is 9.18. The first-order chi connectivity index (χ1) is 13.7. The van der Waals surface area contributed by atoms with Crippen LogP contribution >= 0.6 is 0 Å². The van der Waals surface area contributed by atoms with Gasteiger partial charge in [-0.05, 0) is 43.2 Å². The van der Waals surface area contributed by atoms with Crippen molar-refractivity contribution in [1.82, 2.24) is 24.6 Å². The van der Waals surface area contributed by atoms with Gasteiger partial charge in [0.05, 0.1) is 5.56 Å². The van der Waals surface area contributed by atoms with Crippen molar-refractivity contribution in [2.45, 2.75) is 12.8 Å². The molecule has 1 aliphatic heterocycles. The van der Waals surface area contributed by atoms with Crippen molar-refractivity contribution >= 4 is 17.6 Å². The summed E-state index contributed by atoms with van der Waals surface area (Å²) in [5.74, 6) is 0.978. The van der Waals surface area contributed by atoms with E-state index in [2.05, 4.69) is 20.4 Å². The zero-order valence-electron chi connectivity index (χ0n) is 15.2. The molecule has 3 aromatic rings. The summed E-state index contributed by atoms with van der Waals surface area (Å²) in [5.41, 5.74) is 0.535. The van der Waals surface area contributed by atoms with E-state index in [4.69, 9.17) is 0 Å². The van der Waals surface area contributed by atoms with Gasteiger partial charge in [-0.15, -0.1) is 0 Å². The average Bonchev–Trinajstić information content (AvgIpc) is 3.29. The minimum atomic E-state index is -0.119. The van der Waals surface area contributed by atoms with Gasteiger partial charge in [-0.25, -0.2) is 14.6 Å². The molecule has 8 nitrogen and oxygen atoms in total. The number of nitrogens with zero attached hydrogens (tertiary/aromatic N) is 5. The lowest BCUT2D eigenvalue weighted by molar-refractivity contribution is -0.121. The fraction of sp³-hybridized carbons (Fsp3) is 0.250. The Bertz CT molecular complexity index is 933. The summed E-state index contributed by atoms with van der Waals surface area (Å²) in [6, 6.07) is 10.7. The van der Waals surface area contributed by atoms with E-state index in [1.807, 2.05) is 12.1 Å². The molecule has 0 bridgehead atoms. The van der Waals surface area contributed by atoms with Gasteiger partial charge in [0.25, 0.3) is 5.91 Å². The molecule has 0 unspecified atom stereocenters. The third-order valence-electron chi connectivity index (χ3n) is 4.80. The molecular weight excluding hydrogens is 356 g/mol. The number of pyridine rings is 2. The Morgan fingerprint density at radius 1 is 1.00 bits per heavy atom. The second-order valence-corrected chi connectivity index (χ2v) is 6.63. The molecule has 1 N–H and O–H groups in total. The van der Waals surface area contributed by atoms with Crippen LogP contribution in [0.25, 0.3) is 5.82 Å². The van der Waals surface area contributed by atoms with Crippen LogP contribution in [0, 0.1) is 5.92 Å². The van der Waals surface area contributed by atoms with E-state index < -0.39 is 0 Å². The van der Waals surface area contributed by atoms with E-state index in [1.54, 1.807) is 58.6 Å². The topological polar surface area (TPSA) is 93.0 Å². The zero-order chi connectivity index (χ0) is 19.3. The van der Waals surface area contributed by atoms with Crippen molar-refractivity contribution in [2.24, 2.45) is 5.92 Å². The Morgan fingerprint density at radius 3 is 2.50 bits per heavy atom. The number of carbonyl (C=O) groups is 2. The summed E-state index contributed by atoms with van der Waals surface area (Å²) < 4.78 is 1.64. The maximum absolute atomic E-state index is 12.7. The van der Waals surface area contributed by atoms with Crippen molar-refractivity contribution in [3.05, 3.63) is 66.7 Å². The van der Waals surface area contributed by atoms with E-state index in [-0.39, 0.29) is 17.7 Å². The van der Waals surface area contributed by atoms with E-state index >= 15 is 0 Å². The van der Waals surface area contributed by atoms with Crippen molar-refractivity contribution in [3.8, 4) is 5.82 Å². The molecule has 2 amide bonds. The monoisotopic (exact) mass is 376 g/mol. The number of amides is 2. The molecule has 1 fully saturated rings. The highest BCUT2D eigenvalue weighted by Crippen LogP contribution is 2.20. The number of aromatic nitrogens is 4. The fourth-order valence-corrected chi connectivity index (χ4v) is 3.24. The number of piperidine rings is 1. The maximum Gasteiger partial charge on any atom is 0.255 e. The van der Waals surface area contributed by atoms with Gasteiger partial charge in [0.15, 0.2) is 5.82 Å². The summed E-state index contributed by atoms with van der Waals surface area (Å²) in [7, 11) is 0. The van der Waals surface area contributed by atoms with Gasteiger partial charge in [0, 0.05) is 43.8 Å². The predicted octanol–water partition coefficient (Wildman–Crippen LogP) is 2.15. The van der Waals surface area contributed by atoms with Crippen molar-refractivity contribution in [3.63, 3.8) is 0 Å². The zero-order valence-corrected chi connectivity index (χ0v) is 15.2. The van der Waals surface area contributed by atoms with Gasteiger partial charge in [-0.2, -0.15) is 5.10 Å². The van der Waals surface area contributed by atoms with Crippen molar-refractivity contribution < 1.29 is 9.59 Å². The van der Waals surface area contributed by atoms with Crippen LogP contribution in [0.4, 0.5) is 5.82 Å². The fourth-order valence-electron chi connectivity index (χ4n) is 3.24. The minimum Gasteiger partial charge on any atom is -0.339 e. The molecule has 3 aromatic heterocycles. The summed E-state index contributed by atoms with van der Waals surface area (Å²) in [4.78, 5) is 35.3. The van der Waals surface area contributed by atoms with Gasteiger partial charge in [0.1, 0.15) is 5.82 Å². The highest BCUT2D eigenvalue weighted by Gasteiger charge is 2.28. The first kappa shape index (κ1) is 17.8. The Hall–Kier alpha value is -3.55. The number of nitrogens with one attached hydrogen (secondary N) is 1. The van der Waals surface area contributed by atoms with Crippen molar-refractivity contribution in [1.29, 1.82) is 0 Å². The normalized spacial score (nSPS) is 14.6. The number of hydrogen-bond donors (Lipinski definition) is 1. The lowest BCUT2D eigenvalue weighted by Gasteiger charge is -2.31. The Balaban J connectivity index is 1.33. The smallest absolute Gasteiger partial charge is 0.255 e. The summed E-state index contributed by atoms with van der Waals surface area (Å²) in [6.07, 6.45) is 7.94. The van der Waals surface area contributed by atoms with Crippen LogP contribution in [0.15, 0.2) is 61.2 Å².